The van der Waals surface area contributed by atoms with E-state index < -0.39 is 5.97 Å². The molecule has 7 heteroatoms. The quantitative estimate of drug-likeness (QED) is 0.330. The molecule has 0 aliphatic heterocycles. The van der Waals surface area contributed by atoms with E-state index in [9.17, 15) is 9.59 Å². The molecule has 1 aromatic heterocycles. The predicted octanol–water partition coefficient (Wildman–Crippen LogP) is 4.78. The minimum atomic E-state index is -0.528. The lowest BCUT2D eigenvalue weighted by Crippen LogP contribution is -2.09. The Labute approximate surface area is 191 Å². The van der Waals surface area contributed by atoms with Crippen molar-refractivity contribution in [2.45, 2.75) is 13.5 Å². The van der Waals surface area contributed by atoms with Crippen LogP contribution >= 0.6 is 0 Å². The molecule has 33 heavy (non-hydrogen) atoms. The molecule has 0 radical (unpaired) electrons. The first-order chi connectivity index (χ1) is 16.0. The van der Waals surface area contributed by atoms with E-state index in [-0.39, 0.29) is 5.91 Å². The van der Waals surface area contributed by atoms with E-state index in [0.29, 0.717) is 35.0 Å². The van der Waals surface area contributed by atoms with Crippen LogP contribution in [0, 0.1) is 0 Å². The lowest BCUT2D eigenvalue weighted by atomic mass is 10.1. The molecule has 0 fully saturated rings. The minimum absolute atomic E-state index is 0.173. The van der Waals surface area contributed by atoms with Gasteiger partial charge in [0.15, 0.2) is 0 Å². The number of carbonyl (C=O) groups is 2. The number of hydrogen-bond donors (Lipinski definition) is 1. The van der Waals surface area contributed by atoms with E-state index in [4.69, 9.17) is 9.47 Å². The van der Waals surface area contributed by atoms with Gasteiger partial charge in [-0.3, -0.25) is 9.48 Å². The first kappa shape index (κ1) is 21.8. The molecule has 0 unspecified atom stereocenters. The molecule has 166 valence electrons. The van der Waals surface area contributed by atoms with Crippen molar-refractivity contribution in [3.63, 3.8) is 0 Å². The molecule has 4 rings (SSSR count). The van der Waals surface area contributed by atoms with Crippen molar-refractivity contribution < 1.29 is 19.1 Å². The highest BCUT2D eigenvalue weighted by Crippen LogP contribution is 2.27. The molecule has 1 heterocycles. The maximum Gasteiger partial charge on any atom is 0.347 e. The number of benzene rings is 3. The summed E-state index contributed by atoms with van der Waals surface area (Å²) in [5, 5.41) is 7.35. The summed E-state index contributed by atoms with van der Waals surface area (Å²) < 4.78 is 12.7. The second-order valence-electron chi connectivity index (χ2n) is 7.40. The normalized spacial score (nSPS) is 10.5. The van der Waals surface area contributed by atoms with Crippen LogP contribution in [-0.4, -0.2) is 28.8 Å². The molecule has 1 amide bonds. The molecule has 0 aliphatic carbocycles. The monoisotopic (exact) mass is 441 g/mol. The third-order valence-corrected chi connectivity index (χ3v) is 4.90. The fraction of sp³-hybridized carbons (Fsp3) is 0.115. The van der Waals surface area contributed by atoms with Crippen LogP contribution in [0.3, 0.4) is 0 Å². The number of carbonyl (C=O) groups excluding carboxylic acids is 2. The van der Waals surface area contributed by atoms with Crippen LogP contribution in [0.2, 0.25) is 0 Å². The van der Waals surface area contributed by atoms with Gasteiger partial charge in [-0.05, 0) is 42.0 Å². The van der Waals surface area contributed by atoms with Gasteiger partial charge in [-0.1, -0.05) is 42.5 Å². The van der Waals surface area contributed by atoms with Gasteiger partial charge >= 0.3 is 5.97 Å². The molecule has 1 N–H and O–H groups in total. The fourth-order valence-corrected chi connectivity index (χ4v) is 3.38. The summed E-state index contributed by atoms with van der Waals surface area (Å²) in [5.74, 6) is 0.326. The maximum atomic E-state index is 13.1. The van der Waals surface area contributed by atoms with Crippen LogP contribution in [0.1, 0.15) is 22.8 Å². The second-order valence-corrected chi connectivity index (χ2v) is 7.40. The van der Waals surface area contributed by atoms with Gasteiger partial charge in [0.1, 0.15) is 22.8 Å². The Hall–Kier alpha value is -4.39. The number of methoxy groups -OCH3 is 1. The molecule has 0 bridgehead atoms. The van der Waals surface area contributed by atoms with Crippen molar-refractivity contribution in [1.29, 1.82) is 0 Å². The Balaban J connectivity index is 1.64. The van der Waals surface area contributed by atoms with E-state index in [0.717, 1.165) is 11.1 Å². The van der Waals surface area contributed by atoms with Crippen LogP contribution in [-0.2, 0) is 11.3 Å². The zero-order chi connectivity index (χ0) is 23.2. The molecule has 0 aliphatic rings. The highest BCUT2D eigenvalue weighted by Gasteiger charge is 2.21. The molecular formula is C26H23N3O4. The predicted molar refractivity (Wildman–Crippen MR) is 125 cm³/mol. The lowest BCUT2D eigenvalue weighted by molar-refractivity contribution is -0.114. The number of rotatable bonds is 7. The smallest absolute Gasteiger partial charge is 0.347 e. The summed E-state index contributed by atoms with van der Waals surface area (Å²) in [6.45, 7) is 1.94. The average molecular weight is 441 g/mol. The van der Waals surface area contributed by atoms with Gasteiger partial charge in [-0.2, -0.15) is 5.10 Å². The van der Waals surface area contributed by atoms with Gasteiger partial charge in [0, 0.05) is 24.4 Å². The summed E-state index contributed by atoms with van der Waals surface area (Å²) in [6.07, 6.45) is 1.69. The Morgan fingerprint density at radius 2 is 1.70 bits per heavy atom. The van der Waals surface area contributed by atoms with Gasteiger partial charge in [-0.15, -0.1) is 0 Å². The number of aromatic nitrogens is 2. The van der Waals surface area contributed by atoms with Crippen molar-refractivity contribution >= 4 is 17.6 Å². The van der Waals surface area contributed by atoms with E-state index in [1.165, 1.54) is 6.92 Å². The van der Waals surface area contributed by atoms with E-state index in [2.05, 4.69) is 10.4 Å². The molecule has 0 saturated carbocycles. The highest BCUT2D eigenvalue weighted by atomic mass is 16.5. The Morgan fingerprint density at radius 3 is 2.39 bits per heavy atom. The van der Waals surface area contributed by atoms with Crippen LogP contribution < -0.4 is 14.8 Å². The maximum absolute atomic E-state index is 13.1. The standard InChI is InChI=1S/C26H23N3O4/c1-18(30)27-21-11-13-22(14-12-21)33-26(31)24-17-29(16-19-7-4-3-5-8-19)28-25(24)20-9-6-10-23(15-20)32-2/h3-15,17H,16H2,1-2H3,(H,27,30). The van der Waals surface area contributed by atoms with Crippen LogP contribution in [0.5, 0.6) is 11.5 Å². The number of nitrogens with zero attached hydrogens (tertiary/aromatic N) is 2. The number of hydrogen-bond acceptors (Lipinski definition) is 5. The fourth-order valence-electron chi connectivity index (χ4n) is 3.38. The van der Waals surface area contributed by atoms with Gasteiger partial charge in [0.05, 0.1) is 13.7 Å². The summed E-state index contributed by atoms with van der Waals surface area (Å²) in [6, 6.07) is 23.9. The van der Waals surface area contributed by atoms with Crippen molar-refractivity contribution in [2.24, 2.45) is 0 Å². The largest absolute Gasteiger partial charge is 0.497 e. The number of esters is 1. The van der Waals surface area contributed by atoms with Crippen LogP contribution in [0.15, 0.2) is 85.1 Å². The molecule has 4 aromatic rings. The van der Waals surface area contributed by atoms with Gasteiger partial charge in [0.25, 0.3) is 0 Å². The zero-order valence-corrected chi connectivity index (χ0v) is 18.3. The van der Waals surface area contributed by atoms with Crippen LogP contribution in [0.25, 0.3) is 11.3 Å². The molecular weight excluding hydrogens is 418 g/mol. The van der Waals surface area contributed by atoms with Crippen LogP contribution in [0.4, 0.5) is 5.69 Å². The van der Waals surface area contributed by atoms with Gasteiger partial charge < -0.3 is 14.8 Å². The number of nitrogens with one attached hydrogen (secondary N) is 1. The molecule has 0 saturated heterocycles. The first-order valence-electron chi connectivity index (χ1n) is 10.4. The molecule has 3 aromatic carbocycles. The van der Waals surface area contributed by atoms with Gasteiger partial charge in [-0.25, -0.2) is 4.79 Å². The Kier molecular flexibility index (Phi) is 6.50. The summed E-state index contributed by atoms with van der Waals surface area (Å²) >= 11 is 0. The third kappa shape index (κ3) is 5.46. The lowest BCUT2D eigenvalue weighted by Gasteiger charge is -2.07. The van der Waals surface area contributed by atoms with E-state index in [1.807, 2.05) is 54.6 Å². The molecule has 7 nitrogen and oxygen atoms in total. The highest BCUT2D eigenvalue weighted by molar-refractivity contribution is 5.97. The van der Waals surface area contributed by atoms with E-state index in [1.54, 1.807) is 42.3 Å². The zero-order valence-electron chi connectivity index (χ0n) is 18.3. The molecule has 0 atom stereocenters. The van der Waals surface area contributed by atoms with Crippen molar-refractivity contribution in [1.82, 2.24) is 9.78 Å². The number of amides is 1. The number of ether oxygens (including phenoxy) is 2. The summed E-state index contributed by atoms with van der Waals surface area (Å²) in [5.41, 5.74) is 3.27. The summed E-state index contributed by atoms with van der Waals surface area (Å²) in [7, 11) is 1.59. The summed E-state index contributed by atoms with van der Waals surface area (Å²) in [4.78, 5) is 24.3. The number of anilines is 1. The topological polar surface area (TPSA) is 82.5 Å². The Bertz CT molecular complexity index is 1260. The third-order valence-electron chi connectivity index (χ3n) is 4.90. The van der Waals surface area contributed by atoms with Gasteiger partial charge in [0.2, 0.25) is 5.91 Å². The van der Waals surface area contributed by atoms with Crippen molar-refractivity contribution in [3.8, 4) is 22.8 Å². The van der Waals surface area contributed by atoms with Crippen molar-refractivity contribution in [3.05, 3.63) is 96.2 Å². The second kappa shape index (κ2) is 9.82. The minimum Gasteiger partial charge on any atom is -0.497 e. The van der Waals surface area contributed by atoms with Crippen molar-refractivity contribution in [2.75, 3.05) is 12.4 Å². The Morgan fingerprint density at radius 1 is 0.939 bits per heavy atom. The first-order valence-corrected chi connectivity index (χ1v) is 10.4. The molecule has 0 spiro atoms. The average Bonchev–Trinajstić information content (AvgIpc) is 3.25. The SMILES string of the molecule is COc1cccc(-c2nn(Cc3ccccc3)cc2C(=O)Oc2ccc(NC(C)=O)cc2)c1. The van der Waals surface area contributed by atoms with E-state index >= 15 is 0 Å².